The maximum atomic E-state index is 12.9. The van der Waals surface area contributed by atoms with Gasteiger partial charge in [0.2, 0.25) is 5.13 Å². The van der Waals surface area contributed by atoms with Crippen molar-refractivity contribution in [3.63, 3.8) is 0 Å². The molecule has 1 aromatic carbocycles. The van der Waals surface area contributed by atoms with E-state index in [9.17, 15) is 9.59 Å². The first kappa shape index (κ1) is 15.9. The van der Waals surface area contributed by atoms with Crippen LogP contribution in [-0.2, 0) is 9.59 Å². The Balaban J connectivity index is 1.94. The lowest BCUT2D eigenvalue weighted by molar-refractivity contribution is -0.128. The molecule has 6 nitrogen and oxygen atoms in total. The molecule has 0 fully saturated rings. The number of rotatable bonds is 3. The van der Waals surface area contributed by atoms with Crippen LogP contribution >= 0.6 is 23.1 Å². The van der Waals surface area contributed by atoms with Gasteiger partial charge in [-0.2, -0.15) is 0 Å². The average Bonchev–Trinajstić information content (AvgIpc) is 2.93. The Kier molecular flexibility index (Phi) is 4.11. The Morgan fingerprint density at radius 2 is 2.09 bits per heavy atom. The fourth-order valence-electron chi connectivity index (χ4n) is 2.42. The molecule has 120 valence electrons. The number of carbonyl (C=O) groups excluding carboxylic acids is 2. The minimum absolute atomic E-state index is 0.220. The van der Waals surface area contributed by atoms with E-state index >= 15 is 0 Å². The van der Waals surface area contributed by atoms with Gasteiger partial charge in [0.15, 0.2) is 4.75 Å². The van der Waals surface area contributed by atoms with Crippen LogP contribution in [0.15, 0.2) is 29.2 Å². The molecule has 1 aromatic heterocycles. The number of carbonyl (C=O) groups is 2. The third-order valence-corrected chi connectivity index (χ3v) is 5.71. The maximum absolute atomic E-state index is 12.9. The Morgan fingerprint density at radius 3 is 2.74 bits per heavy atom. The van der Waals surface area contributed by atoms with Crippen LogP contribution in [0.2, 0.25) is 0 Å². The van der Waals surface area contributed by atoms with Crippen LogP contribution in [0.4, 0.5) is 10.8 Å². The number of nitrogens with one attached hydrogen (secondary N) is 1. The number of nitrogens with zero attached hydrogens (tertiary/aromatic N) is 3. The molecule has 1 N–H and O–H groups in total. The van der Waals surface area contributed by atoms with Gasteiger partial charge in [0.25, 0.3) is 11.8 Å². The second-order valence-corrected chi connectivity index (χ2v) is 7.87. The topological polar surface area (TPSA) is 75.2 Å². The molecule has 1 aliphatic heterocycles. The molecule has 2 aromatic rings. The lowest BCUT2D eigenvalue weighted by Crippen LogP contribution is -2.54. The van der Waals surface area contributed by atoms with Crippen molar-refractivity contribution in [1.82, 2.24) is 10.2 Å². The fourth-order valence-corrected chi connectivity index (χ4v) is 4.22. The van der Waals surface area contributed by atoms with E-state index in [0.717, 1.165) is 15.6 Å². The zero-order valence-corrected chi connectivity index (χ0v) is 14.6. The van der Waals surface area contributed by atoms with E-state index in [1.807, 2.05) is 38.1 Å². The molecule has 23 heavy (non-hydrogen) atoms. The summed E-state index contributed by atoms with van der Waals surface area (Å²) in [5, 5.41) is 11.6. The van der Waals surface area contributed by atoms with Crippen LogP contribution in [0.3, 0.4) is 0 Å². The molecule has 1 atom stereocenters. The highest BCUT2D eigenvalue weighted by molar-refractivity contribution is 8.02. The Hall–Kier alpha value is -1.93. The molecule has 2 heterocycles. The summed E-state index contributed by atoms with van der Waals surface area (Å²) in [5.41, 5.74) is 0.849. The van der Waals surface area contributed by atoms with Gasteiger partial charge >= 0.3 is 0 Å². The lowest BCUT2D eigenvalue weighted by Gasteiger charge is -2.38. The number of para-hydroxylation sites is 1. The number of benzene rings is 1. The van der Waals surface area contributed by atoms with Gasteiger partial charge in [-0.25, -0.2) is 0 Å². The van der Waals surface area contributed by atoms with E-state index in [2.05, 4.69) is 15.5 Å². The van der Waals surface area contributed by atoms with Crippen LogP contribution in [0.5, 0.6) is 0 Å². The number of fused-ring (bicyclic) bond motifs is 1. The first-order chi connectivity index (χ1) is 11.0. The zero-order valence-electron chi connectivity index (χ0n) is 13.0. The van der Waals surface area contributed by atoms with Crippen LogP contribution in [-0.4, -0.2) is 33.3 Å². The molecule has 0 aliphatic carbocycles. The molecule has 3 rings (SSSR count). The third-order valence-electron chi connectivity index (χ3n) is 3.62. The number of hydrogen-bond acceptors (Lipinski definition) is 6. The molecule has 2 amide bonds. The predicted molar refractivity (Wildman–Crippen MR) is 92.0 cm³/mol. The van der Waals surface area contributed by atoms with Crippen LogP contribution in [0.25, 0.3) is 0 Å². The Labute approximate surface area is 142 Å². The second kappa shape index (κ2) is 5.93. The summed E-state index contributed by atoms with van der Waals surface area (Å²) in [6, 6.07) is 7.62. The standard InChI is InChI=1S/C15H16N4O2S2/c1-4-19-10-7-5-6-8-11(10)23-15(3,13(19)21)12(20)16-14-18-17-9(2)22-14/h5-8H,4H2,1-3H3,(H,16,18,20). The van der Waals surface area contributed by atoms with Gasteiger partial charge in [-0.05, 0) is 32.9 Å². The van der Waals surface area contributed by atoms with Gasteiger partial charge in [-0.15, -0.1) is 10.2 Å². The van der Waals surface area contributed by atoms with E-state index < -0.39 is 4.75 Å². The molecule has 0 radical (unpaired) electrons. The van der Waals surface area contributed by atoms with Crippen molar-refractivity contribution < 1.29 is 9.59 Å². The summed E-state index contributed by atoms with van der Waals surface area (Å²) in [4.78, 5) is 28.2. The van der Waals surface area contributed by atoms with Crippen molar-refractivity contribution in [3.8, 4) is 0 Å². The number of aryl methyl sites for hydroxylation is 1. The van der Waals surface area contributed by atoms with Crippen LogP contribution < -0.4 is 10.2 Å². The molecule has 0 saturated carbocycles. The molecule has 1 aliphatic rings. The first-order valence-electron chi connectivity index (χ1n) is 7.17. The number of thioether (sulfide) groups is 1. The molecular formula is C15H16N4O2S2. The highest BCUT2D eigenvalue weighted by Gasteiger charge is 2.49. The fraction of sp³-hybridized carbons (Fsp3) is 0.333. The van der Waals surface area contributed by atoms with Crippen molar-refractivity contribution in [2.75, 3.05) is 16.8 Å². The summed E-state index contributed by atoms with van der Waals surface area (Å²) in [5.74, 6) is -0.598. The number of anilines is 2. The Bertz CT molecular complexity index is 776. The zero-order chi connectivity index (χ0) is 16.6. The molecule has 0 spiro atoms. The van der Waals surface area contributed by atoms with Gasteiger partial charge in [0.05, 0.1) is 5.69 Å². The van der Waals surface area contributed by atoms with Gasteiger partial charge < -0.3 is 4.90 Å². The average molecular weight is 348 g/mol. The van der Waals surface area contributed by atoms with E-state index in [1.165, 1.54) is 23.1 Å². The Morgan fingerprint density at radius 1 is 1.35 bits per heavy atom. The molecule has 1 unspecified atom stereocenters. The van der Waals surface area contributed by atoms with Gasteiger partial charge in [0.1, 0.15) is 5.01 Å². The van der Waals surface area contributed by atoms with E-state index in [0.29, 0.717) is 11.7 Å². The highest BCUT2D eigenvalue weighted by atomic mass is 32.2. The predicted octanol–water partition coefficient (Wildman–Crippen LogP) is 2.70. The van der Waals surface area contributed by atoms with Crippen molar-refractivity contribution in [2.45, 2.75) is 30.4 Å². The third kappa shape index (κ3) is 2.72. The second-order valence-electron chi connectivity index (χ2n) is 5.23. The van der Waals surface area contributed by atoms with Crippen molar-refractivity contribution in [1.29, 1.82) is 0 Å². The SMILES string of the molecule is CCN1C(=O)C(C)(C(=O)Nc2nnc(C)s2)Sc2ccccc21. The number of hydrogen-bond donors (Lipinski definition) is 1. The van der Waals surface area contributed by atoms with E-state index in [-0.39, 0.29) is 11.8 Å². The van der Waals surface area contributed by atoms with Gasteiger partial charge in [0, 0.05) is 11.4 Å². The van der Waals surface area contributed by atoms with Crippen molar-refractivity contribution >= 4 is 45.7 Å². The summed E-state index contributed by atoms with van der Waals surface area (Å²) in [7, 11) is 0. The molecular weight excluding hydrogens is 332 g/mol. The summed E-state index contributed by atoms with van der Waals surface area (Å²) < 4.78 is -1.23. The normalized spacial score (nSPS) is 20.3. The van der Waals surface area contributed by atoms with Crippen LogP contribution in [0, 0.1) is 6.92 Å². The van der Waals surface area contributed by atoms with Gasteiger partial charge in [-0.3, -0.25) is 14.9 Å². The van der Waals surface area contributed by atoms with Crippen molar-refractivity contribution in [3.05, 3.63) is 29.3 Å². The maximum Gasteiger partial charge on any atom is 0.252 e. The smallest absolute Gasteiger partial charge is 0.252 e. The highest BCUT2D eigenvalue weighted by Crippen LogP contribution is 2.45. The molecule has 0 bridgehead atoms. The summed E-state index contributed by atoms with van der Waals surface area (Å²) in [6.45, 7) is 5.88. The number of amides is 2. The van der Waals surface area contributed by atoms with Crippen LogP contribution in [0.1, 0.15) is 18.9 Å². The monoisotopic (exact) mass is 348 g/mol. The molecule has 0 saturated heterocycles. The quantitative estimate of drug-likeness (QED) is 0.863. The first-order valence-corrected chi connectivity index (χ1v) is 8.80. The van der Waals surface area contributed by atoms with Crippen molar-refractivity contribution in [2.24, 2.45) is 0 Å². The minimum atomic E-state index is -1.23. The summed E-state index contributed by atoms with van der Waals surface area (Å²) >= 11 is 2.56. The number of aromatic nitrogens is 2. The van der Waals surface area contributed by atoms with E-state index in [4.69, 9.17) is 0 Å². The minimum Gasteiger partial charge on any atom is -0.310 e. The van der Waals surface area contributed by atoms with E-state index in [1.54, 1.807) is 11.8 Å². The molecule has 8 heteroatoms. The summed E-state index contributed by atoms with van der Waals surface area (Å²) in [6.07, 6.45) is 0. The van der Waals surface area contributed by atoms with Gasteiger partial charge in [-0.1, -0.05) is 35.2 Å². The largest absolute Gasteiger partial charge is 0.310 e. The lowest BCUT2D eigenvalue weighted by atomic mass is 10.1.